The molecule has 0 saturated carbocycles. The van der Waals surface area contributed by atoms with Gasteiger partial charge in [0.25, 0.3) is 5.56 Å². The summed E-state index contributed by atoms with van der Waals surface area (Å²) in [5.41, 5.74) is 0.573. The Balaban J connectivity index is 2.53. The quantitative estimate of drug-likeness (QED) is 0.709. The zero-order valence-electron chi connectivity index (χ0n) is 13.8. The molecule has 0 amide bonds. The average Bonchev–Trinajstić information content (AvgIpc) is 2.95. The number of imidazole rings is 2. The maximum Gasteiger partial charge on any atom is 0.332 e. The van der Waals surface area contributed by atoms with Crippen LogP contribution in [0.2, 0.25) is 0 Å². The molecule has 0 unspecified atom stereocenters. The highest BCUT2D eigenvalue weighted by molar-refractivity contribution is 5.78. The first-order valence-corrected chi connectivity index (χ1v) is 7.43. The third-order valence-corrected chi connectivity index (χ3v) is 3.97. The molecule has 23 heavy (non-hydrogen) atoms. The first-order valence-electron chi connectivity index (χ1n) is 7.43. The van der Waals surface area contributed by atoms with E-state index in [0.29, 0.717) is 16.9 Å². The fourth-order valence-corrected chi connectivity index (χ4v) is 3.03. The summed E-state index contributed by atoms with van der Waals surface area (Å²) >= 11 is 0. The molecule has 3 rings (SSSR count). The molecule has 0 radical (unpaired) electrons. The Hall–Kier alpha value is -2.64. The number of rotatable bonds is 3. The molecular formula is C15H19N5O3. The molecule has 3 aromatic rings. The number of Topliss-reactive ketones (excluding diaryl/α,β-unsaturated/α-hetero) is 1. The van der Waals surface area contributed by atoms with Crippen molar-refractivity contribution in [2.75, 3.05) is 0 Å². The topological polar surface area (TPSA) is 83.3 Å². The summed E-state index contributed by atoms with van der Waals surface area (Å²) in [6, 6.07) is 0.167. The van der Waals surface area contributed by atoms with E-state index in [9.17, 15) is 14.4 Å². The Morgan fingerprint density at radius 1 is 1.30 bits per heavy atom. The van der Waals surface area contributed by atoms with E-state index in [1.165, 1.54) is 11.5 Å². The summed E-state index contributed by atoms with van der Waals surface area (Å²) in [5, 5.41) is 0. The minimum Gasteiger partial charge on any atom is -0.312 e. The second-order valence-electron chi connectivity index (χ2n) is 6.12. The van der Waals surface area contributed by atoms with E-state index in [0.717, 1.165) is 10.3 Å². The average molecular weight is 317 g/mol. The summed E-state index contributed by atoms with van der Waals surface area (Å²) < 4.78 is 5.97. The van der Waals surface area contributed by atoms with Crippen molar-refractivity contribution in [3.8, 4) is 0 Å². The standard InChI is InChI=1S/C15H19N5O3/c1-8(2)20-9(3)6-18-11-12(16-14(18)20)17(5)15(23)19(13(11)22)7-10(4)21/h6,8H,7H2,1-5H3. The van der Waals surface area contributed by atoms with Crippen LogP contribution in [-0.4, -0.2) is 28.9 Å². The summed E-state index contributed by atoms with van der Waals surface area (Å²) in [7, 11) is 1.56. The lowest BCUT2D eigenvalue weighted by atomic mass is 10.3. The largest absolute Gasteiger partial charge is 0.332 e. The second kappa shape index (κ2) is 4.94. The highest BCUT2D eigenvalue weighted by Gasteiger charge is 2.21. The highest BCUT2D eigenvalue weighted by atomic mass is 16.2. The highest BCUT2D eigenvalue weighted by Crippen LogP contribution is 2.19. The van der Waals surface area contributed by atoms with Crippen molar-refractivity contribution in [1.82, 2.24) is 23.1 Å². The summed E-state index contributed by atoms with van der Waals surface area (Å²) in [4.78, 5) is 40.9. The maximum atomic E-state index is 12.7. The Labute approximate surface area is 131 Å². The van der Waals surface area contributed by atoms with Crippen molar-refractivity contribution >= 4 is 22.7 Å². The van der Waals surface area contributed by atoms with Gasteiger partial charge in [-0.05, 0) is 27.7 Å². The van der Waals surface area contributed by atoms with Crippen molar-refractivity contribution < 1.29 is 4.79 Å². The lowest BCUT2D eigenvalue weighted by Gasteiger charge is -2.09. The van der Waals surface area contributed by atoms with Gasteiger partial charge in [0.1, 0.15) is 5.78 Å². The molecule has 0 atom stereocenters. The van der Waals surface area contributed by atoms with Crippen molar-refractivity contribution in [3.05, 3.63) is 32.7 Å². The van der Waals surface area contributed by atoms with Crippen LogP contribution in [0, 0.1) is 6.92 Å². The molecule has 0 bridgehead atoms. The number of aryl methyl sites for hydroxylation is 2. The molecule has 0 aliphatic rings. The number of nitrogens with zero attached hydrogens (tertiary/aromatic N) is 5. The number of carbonyl (C=O) groups excluding carboxylic acids is 1. The van der Waals surface area contributed by atoms with Crippen molar-refractivity contribution in [2.24, 2.45) is 7.05 Å². The SMILES string of the molecule is CC(=O)Cn1c(=O)c2c(nc3n(C(C)C)c(C)cn23)n(C)c1=O. The van der Waals surface area contributed by atoms with Crippen molar-refractivity contribution in [2.45, 2.75) is 40.3 Å². The molecule has 0 aliphatic heterocycles. The molecule has 0 aromatic carbocycles. The first-order chi connectivity index (χ1) is 10.7. The zero-order chi connectivity index (χ0) is 17.0. The Bertz CT molecular complexity index is 1060. The van der Waals surface area contributed by atoms with Crippen LogP contribution in [0.1, 0.15) is 32.5 Å². The number of hydrogen-bond donors (Lipinski definition) is 0. The number of ketones is 1. The molecular weight excluding hydrogens is 298 g/mol. The number of hydrogen-bond acceptors (Lipinski definition) is 4. The molecule has 0 aliphatic carbocycles. The van der Waals surface area contributed by atoms with E-state index in [1.807, 2.05) is 31.5 Å². The van der Waals surface area contributed by atoms with Crippen LogP contribution in [0.25, 0.3) is 16.9 Å². The van der Waals surface area contributed by atoms with E-state index in [4.69, 9.17) is 0 Å². The van der Waals surface area contributed by atoms with E-state index >= 15 is 0 Å². The Morgan fingerprint density at radius 2 is 1.96 bits per heavy atom. The lowest BCUT2D eigenvalue weighted by Crippen LogP contribution is -2.40. The summed E-state index contributed by atoms with van der Waals surface area (Å²) in [6.45, 7) is 7.11. The van der Waals surface area contributed by atoms with Gasteiger partial charge in [0.05, 0.1) is 6.54 Å². The van der Waals surface area contributed by atoms with Gasteiger partial charge in [-0.3, -0.25) is 23.1 Å². The molecule has 8 nitrogen and oxygen atoms in total. The number of carbonyl (C=O) groups is 1. The monoisotopic (exact) mass is 317 g/mol. The van der Waals surface area contributed by atoms with Crippen LogP contribution in [0.3, 0.4) is 0 Å². The van der Waals surface area contributed by atoms with E-state index in [2.05, 4.69) is 4.98 Å². The molecule has 0 spiro atoms. The third-order valence-electron chi connectivity index (χ3n) is 3.97. The number of fused-ring (bicyclic) bond motifs is 3. The van der Waals surface area contributed by atoms with Crippen LogP contribution in [0.15, 0.2) is 15.8 Å². The van der Waals surface area contributed by atoms with E-state index in [1.54, 1.807) is 11.4 Å². The lowest BCUT2D eigenvalue weighted by molar-refractivity contribution is -0.117. The van der Waals surface area contributed by atoms with Gasteiger partial charge >= 0.3 is 5.69 Å². The summed E-state index contributed by atoms with van der Waals surface area (Å²) in [5.74, 6) is 0.361. The van der Waals surface area contributed by atoms with Crippen LogP contribution >= 0.6 is 0 Å². The normalized spacial score (nSPS) is 11.9. The van der Waals surface area contributed by atoms with Crippen LogP contribution < -0.4 is 11.2 Å². The molecule has 3 aromatic heterocycles. The number of aromatic nitrogens is 5. The molecule has 0 fully saturated rings. The van der Waals surface area contributed by atoms with E-state index in [-0.39, 0.29) is 18.4 Å². The fraction of sp³-hybridized carbons (Fsp3) is 0.467. The zero-order valence-corrected chi connectivity index (χ0v) is 13.8. The van der Waals surface area contributed by atoms with Crippen molar-refractivity contribution in [1.29, 1.82) is 0 Å². The van der Waals surface area contributed by atoms with Crippen LogP contribution in [0.4, 0.5) is 0 Å². The van der Waals surface area contributed by atoms with Gasteiger partial charge in [0.15, 0.2) is 11.2 Å². The minimum absolute atomic E-state index is 0.167. The van der Waals surface area contributed by atoms with Gasteiger partial charge in [-0.25, -0.2) is 4.79 Å². The predicted molar refractivity (Wildman–Crippen MR) is 86.0 cm³/mol. The summed E-state index contributed by atoms with van der Waals surface area (Å²) in [6.07, 6.45) is 1.83. The van der Waals surface area contributed by atoms with Gasteiger partial charge < -0.3 is 4.57 Å². The van der Waals surface area contributed by atoms with Crippen LogP contribution in [0.5, 0.6) is 0 Å². The molecule has 0 saturated heterocycles. The smallest absolute Gasteiger partial charge is 0.312 e. The maximum absolute atomic E-state index is 12.7. The Morgan fingerprint density at radius 3 is 2.52 bits per heavy atom. The van der Waals surface area contributed by atoms with Gasteiger partial charge in [-0.1, -0.05) is 0 Å². The van der Waals surface area contributed by atoms with Crippen LogP contribution in [-0.2, 0) is 18.4 Å². The molecule has 0 N–H and O–H groups in total. The predicted octanol–water partition coefficient (Wildman–Crippen LogP) is 0.628. The molecule has 8 heteroatoms. The van der Waals surface area contributed by atoms with Gasteiger partial charge in [-0.2, -0.15) is 4.98 Å². The third kappa shape index (κ3) is 2.05. The fourth-order valence-electron chi connectivity index (χ4n) is 3.03. The van der Waals surface area contributed by atoms with Crippen molar-refractivity contribution in [3.63, 3.8) is 0 Å². The van der Waals surface area contributed by atoms with Gasteiger partial charge in [-0.15, -0.1) is 0 Å². The van der Waals surface area contributed by atoms with E-state index < -0.39 is 11.2 Å². The minimum atomic E-state index is -0.536. The van der Waals surface area contributed by atoms with Gasteiger partial charge in [0, 0.05) is 25.0 Å². The Kier molecular flexibility index (Phi) is 3.28. The second-order valence-corrected chi connectivity index (χ2v) is 6.12. The molecule has 3 heterocycles. The van der Waals surface area contributed by atoms with Gasteiger partial charge in [0.2, 0.25) is 5.78 Å². The molecule has 122 valence electrons. The first kappa shape index (κ1) is 15.3.